The molecule has 4 rings (SSSR count). The van der Waals surface area contributed by atoms with Crippen LogP contribution in [0.3, 0.4) is 0 Å². The lowest BCUT2D eigenvalue weighted by Gasteiger charge is -2.23. The van der Waals surface area contributed by atoms with Crippen LogP contribution in [0, 0.1) is 0 Å². The van der Waals surface area contributed by atoms with Crippen molar-refractivity contribution >= 4 is 28.9 Å². The normalized spacial score (nSPS) is 13.6. The van der Waals surface area contributed by atoms with Crippen LogP contribution in [0.25, 0.3) is 0 Å². The average Bonchev–Trinajstić information content (AvgIpc) is 2.86. The van der Waals surface area contributed by atoms with Crippen molar-refractivity contribution in [1.82, 2.24) is 0 Å². The zero-order valence-electron chi connectivity index (χ0n) is 15.4. The molecule has 0 unspecified atom stereocenters. The van der Waals surface area contributed by atoms with Gasteiger partial charge in [-0.1, -0.05) is 54.1 Å². The summed E-state index contributed by atoms with van der Waals surface area (Å²) in [6.45, 7) is 0.543. The number of hydrogen-bond donors (Lipinski definition) is 0. The topological polar surface area (TPSA) is 41.9 Å². The Bertz CT molecular complexity index is 1030. The molecule has 0 aromatic heterocycles. The number of amides is 1. The Morgan fingerprint density at radius 1 is 1.04 bits per heavy atom. The number of aliphatic imine (C=N–C) groups is 1. The van der Waals surface area contributed by atoms with Crippen LogP contribution in [-0.2, 0) is 11.3 Å². The van der Waals surface area contributed by atoms with E-state index in [1.165, 1.54) is 0 Å². The van der Waals surface area contributed by atoms with Crippen molar-refractivity contribution in [3.05, 3.63) is 94.5 Å². The standard InChI is InChI=1S/C23H19ClN2O2/c1-28-19-10-7-16(8-11-19)15-26-21-12-9-18(24)13-20(21)23(25-14-22(26)27)17-5-3-2-4-6-17/h2-13H,14-15H2,1H3. The highest BCUT2D eigenvalue weighted by Crippen LogP contribution is 2.31. The van der Waals surface area contributed by atoms with Crippen LogP contribution in [-0.4, -0.2) is 25.3 Å². The van der Waals surface area contributed by atoms with E-state index in [1.54, 1.807) is 12.0 Å². The first-order valence-corrected chi connectivity index (χ1v) is 9.36. The SMILES string of the molecule is COc1ccc(CN2C(=O)CN=C(c3ccccc3)c3cc(Cl)ccc32)cc1. The summed E-state index contributed by atoms with van der Waals surface area (Å²) in [6, 6.07) is 23.2. The number of nitrogens with zero attached hydrogens (tertiary/aromatic N) is 2. The summed E-state index contributed by atoms with van der Waals surface area (Å²) in [4.78, 5) is 19.3. The van der Waals surface area contributed by atoms with E-state index in [0.717, 1.165) is 33.8 Å². The molecular formula is C23H19ClN2O2. The Balaban J connectivity index is 1.77. The minimum Gasteiger partial charge on any atom is -0.497 e. The summed E-state index contributed by atoms with van der Waals surface area (Å²) in [5, 5.41) is 0.612. The third-order valence-electron chi connectivity index (χ3n) is 4.72. The Morgan fingerprint density at radius 3 is 2.50 bits per heavy atom. The molecule has 0 N–H and O–H groups in total. The molecule has 28 heavy (non-hydrogen) atoms. The summed E-state index contributed by atoms with van der Waals surface area (Å²) in [7, 11) is 1.63. The van der Waals surface area contributed by atoms with E-state index in [0.29, 0.717) is 11.6 Å². The predicted octanol–water partition coefficient (Wildman–Crippen LogP) is 4.73. The van der Waals surface area contributed by atoms with Gasteiger partial charge in [-0.15, -0.1) is 0 Å². The molecule has 0 saturated carbocycles. The van der Waals surface area contributed by atoms with Crippen LogP contribution >= 0.6 is 11.6 Å². The van der Waals surface area contributed by atoms with Crippen LogP contribution in [0.1, 0.15) is 16.7 Å². The molecule has 0 atom stereocenters. The van der Waals surface area contributed by atoms with Gasteiger partial charge in [-0.2, -0.15) is 0 Å². The molecule has 1 heterocycles. The van der Waals surface area contributed by atoms with Crippen LogP contribution in [0.2, 0.25) is 5.02 Å². The predicted molar refractivity (Wildman–Crippen MR) is 113 cm³/mol. The third-order valence-corrected chi connectivity index (χ3v) is 4.96. The first-order chi connectivity index (χ1) is 13.7. The smallest absolute Gasteiger partial charge is 0.248 e. The first kappa shape index (κ1) is 18.3. The molecule has 0 radical (unpaired) electrons. The first-order valence-electron chi connectivity index (χ1n) is 8.99. The average molecular weight is 391 g/mol. The van der Waals surface area contributed by atoms with E-state index in [-0.39, 0.29) is 12.5 Å². The molecule has 5 heteroatoms. The molecule has 3 aromatic carbocycles. The van der Waals surface area contributed by atoms with Crippen molar-refractivity contribution in [3.8, 4) is 5.75 Å². The van der Waals surface area contributed by atoms with Gasteiger partial charge in [0.2, 0.25) is 5.91 Å². The van der Waals surface area contributed by atoms with Crippen molar-refractivity contribution < 1.29 is 9.53 Å². The van der Waals surface area contributed by atoms with Gasteiger partial charge in [0.15, 0.2) is 0 Å². The van der Waals surface area contributed by atoms with Crippen LogP contribution in [0.5, 0.6) is 5.75 Å². The minimum atomic E-state index is -0.0506. The molecule has 1 aliphatic rings. The van der Waals surface area contributed by atoms with Crippen LogP contribution in [0.4, 0.5) is 5.69 Å². The fraction of sp³-hybridized carbons (Fsp3) is 0.130. The molecule has 3 aromatic rings. The summed E-state index contributed by atoms with van der Waals surface area (Å²) < 4.78 is 5.22. The molecule has 1 aliphatic heterocycles. The fourth-order valence-electron chi connectivity index (χ4n) is 3.31. The number of fused-ring (bicyclic) bond motifs is 1. The minimum absolute atomic E-state index is 0.0506. The number of ether oxygens (including phenoxy) is 1. The highest BCUT2D eigenvalue weighted by atomic mass is 35.5. The molecule has 0 aliphatic carbocycles. The third kappa shape index (κ3) is 3.64. The fourth-order valence-corrected chi connectivity index (χ4v) is 3.49. The summed E-state index contributed by atoms with van der Waals surface area (Å²) >= 11 is 6.29. The number of carbonyl (C=O) groups is 1. The van der Waals surface area contributed by atoms with Gasteiger partial charge in [-0.25, -0.2) is 0 Å². The Morgan fingerprint density at radius 2 is 1.79 bits per heavy atom. The molecule has 140 valence electrons. The molecule has 0 saturated heterocycles. The van der Waals surface area contributed by atoms with Crippen LogP contribution in [0.15, 0.2) is 77.8 Å². The van der Waals surface area contributed by atoms with Gasteiger partial charge in [0.1, 0.15) is 12.3 Å². The molecule has 0 fully saturated rings. The van der Waals surface area contributed by atoms with E-state index < -0.39 is 0 Å². The maximum Gasteiger partial charge on any atom is 0.248 e. The van der Waals surface area contributed by atoms with Crippen molar-refractivity contribution in [2.75, 3.05) is 18.6 Å². The summed E-state index contributed by atoms with van der Waals surface area (Å²) in [5.41, 5.74) is 4.43. The van der Waals surface area contributed by atoms with Crippen molar-refractivity contribution in [1.29, 1.82) is 0 Å². The van der Waals surface area contributed by atoms with E-state index >= 15 is 0 Å². The number of methoxy groups -OCH3 is 1. The van der Waals surface area contributed by atoms with Crippen LogP contribution < -0.4 is 9.64 Å². The number of benzodiazepines with no additional fused rings is 1. The van der Waals surface area contributed by atoms with Gasteiger partial charge in [0.25, 0.3) is 0 Å². The lowest BCUT2D eigenvalue weighted by Crippen LogP contribution is -2.31. The lowest BCUT2D eigenvalue weighted by atomic mass is 10.00. The summed E-state index contributed by atoms with van der Waals surface area (Å²) in [6.07, 6.45) is 0. The van der Waals surface area contributed by atoms with E-state index in [2.05, 4.69) is 4.99 Å². The monoisotopic (exact) mass is 390 g/mol. The van der Waals surface area contributed by atoms with Gasteiger partial charge in [0.05, 0.1) is 25.1 Å². The van der Waals surface area contributed by atoms with Crippen molar-refractivity contribution in [3.63, 3.8) is 0 Å². The molecule has 4 nitrogen and oxygen atoms in total. The number of carbonyl (C=O) groups excluding carboxylic acids is 1. The Kier molecular flexibility index (Phi) is 5.13. The van der Waals surface area contributed by atoms with Gasteiger partial charge in [-0.05, 0) is 35.9 Å². The second-order valence-corrected chi connectivity index (χ2v) is 6.96. The zero-order valence-corrected chi connectivity index (χ0v) is 16.2. The lowest BCUT2D eigenvalue weighted by molar-refractivity contribution is -0.117. The second-order valence-electron chi connectivity index (χ2n) is 6.52. The highest BCUT2D eigenvalue weighted by molar-refractivity contribution is 6.32. The van der Waals surface area contributed by atoms with E-state index in [1.807, 2.05) is 72.8 Å². The van der Waals surface area contributed by atoms with Gasteiger partial charge in [0, 0.05) is 16.1 Å². The van der Waals surface area contributed by atoms with Crippen molar-refractivity contribution in [2.45, 2.75) is 6.54 Å². The molecule has 0 bridgehead atoms. The van der Waals surface area contributed by atoms with Gasteiger partial charge >= 0.3 is 0 Å². The quantitative estimate of drug-likeness (QED) is 0.646. The Hall–Kier alpha value is -3.11. The molecular weight excluding hydrogens is 372 g/mol. The number of benzene rings is 3. The van der Waals surface area contributed by atoms with Gasteiger partial charge < -0.3 is 9.64 Å². The van der Waals surface area contributed by atoms with E-state index in [4.69, 9.17) is 16.3 Å². The largest absolute Gasteiger partial charge is 0.497 e. The summed E-state index contributed by atoms with van der Waals surface area (Å²) in [5.74, 6) is 0.734. The van der Waals surface area contributed by atoms with Crippen molar-refractivity contribution in [2.24, 2.45) is 4.99 Å². The zero-order chi connectivity index (χ0) is 19.5. The number of anilines is 1. The Labute approximate surface area is 169 Å². The number of rotatable bonds is 4. The maximum atomic E-state index is 12.9. The van der Waals surface area contributed by atoms with Gasteiger partial charge in [-0.3, -0.25) is 9.79 Å². The second kappa shape index (κ2) is 7.87. The number of halogens is 1. The maximum absolute atomic E-state index is 12.9. The van der Waals surface area contributed by atoms with E-state index in [9.17, 15) is 4.79 Å². The molecule has 0 spiro atoms. The highest BCUT2D eigenvalue weighted by Gasteiger charge is 2.25. The number of hydrogen-bond acceptors (Lipinski definition) is 3. The molecule has 1 amide bonds.